The number of carbonyl (C=O) groups excluding carboxylic acids is 1. The molecule has 0 saturated carbocycles. The molecule has 2 aliphatic rings. The molecule has 3 aromatic rings. The summed E-state index contributed by atoms with van der Waals surface area (Å²) in [6.07, 6.45) is 4.12. The highest BCUT2D eigenvalue weighted by Gasteiger charge is 2.50. The van der Waals surface area contributed by atoms with E-state index in [1.54, 1.807) is 35.2 Å². The van der Waals surface area contributed by atoms with Crippen molar-refractivity contribution in [3.63, 3.8) is 0 Å². The largest absolute Gasteiger partial charge is 0.396 e. The van der Waals surface area contributed by atoms with Crippen LogP contribution in [0.1, 0.15) is 17.3 Å². The van der Waals surface area contributed by atoms with Crippen molar-refractivity contribution in [2.24, 2.45) is 11.8 Å². The summed E-state index contributed by atoms with van der Waals surface area (Å²) in [5.41, 5.74) is 2.50. The summed E-state index contributed by atoms with van der Waals surface area (Å²) in [6, 6.07) is 12.7. The lowest BCUT2D eigenvalue weighted by Gasteiger charge is -2.28. The summed E-state index contributed by atoms with van der Waals surface area (Å²) >= 11 is 0. The van der Waals surface area contributed by atoms with Gasteiger partial charge in [0.05, 0.1) is 12.0 Å². The number of fused-ring (bicyclic) bond motifs is 4. The van der Waals surface area contributed by atoms with Crippen LogP contribution in [0, 0.1) is 17.7 Å². The SMILES string of the molecule is O=C(NCCc1ccncc1)[C@H]1[C@H](CO)[C@H]2Cn3c(ccc(-c4cccc(F)c4)c3=O)[C@@H]1N2. The zero-order chi connectivity index (χ0) is 22.9. The van der Waals surface area contributed by atoms with Crippen molar-refractivity contribution in [2.75, 3.05) is 13.2 Å². The lowest BCUT2D eigenvalue weighted by atomic mass is 9.86. The van der Waals surface area contributed by atoms with Crippen molar-refractivity contribution >= 4 is 5.91 Å². The molecular weight excluding hydrogens is 423 g/mol. The normalized spacial score (nSPS) is 23.2. The number of aliphatic hydroxyl groups excluding tert-OH is 1. The second kappa shape index (κ2) is 8.88. The number of aliphatic hydroxyl groups is 1. The molecule has 0 spiro atoms. The minimum atomic E-state index is -0.495. The van der Waals surface area contributed by atoms with Crippen LogP contribution in [0.3, 0.4) is 0 Å². The molecule has 2 bridgehead atoms. The van der Waals surface area contributed by atoms with E-state index >= 15 is 0 Å². The smallest absolute Gasteiger partial charge is 0.258 e. The third-order valence-corrected chi connectivity index (χ3v) is 6.75. The van der Waals surface area contributed by atoms with E-state index in [1.165, 1.54) is 12.1 Å². The molecule has 4 atom stereocenters. The van der Waals surface area contributed by atoms with Gasteiger partial charge in [-0.25, -0.2) is 4.39 Å². The van der Waals surface area contributed by atoms with Crippen LogP contribution in [-0.2, 0) is 17.8 Å². The fraction of sp³-hybridized carbons (Fsp3) is 0.320. The lowest BCUT2D eigenvalue weighted by molar-refractivity contribution is -0.127. The highest BCUT2D eigenvalue weighted by molar-refractivity contribution is 5.80. The first-order valence-corrected chi connectivity index (χ1v) is 11.1. The van der Waals surface area contributed by atoms with Crippen LogP contribution < -0.4 is 16.2 Å². The van der Waals surface area contributed by atoms with Crippen LogP contribution in [0.15, 0.2) is 65.7 Å². The summed E-state index contributed by atoms with van der Waals surface area (Å²) in [5.74, 6) is -1.35. The van der Waals surface area contributed by atoms with Crippen molar-refractivity contribution < 1.29 is 14.3 Å². The number of benzene rings is 1. The Bertz CT molecular complexity index is 1230. The number of halogens is 1. The van der Waals surface area contributed by atoms with Gasteiger partial charge in [-0.3, -0.25) is 14.6 Å². The first-order valence-electron chi connectivity index (χ1n) is 11.1. The van der Waals surface area contributed by atoms with Crippen LogP contribution in [0.5, 0.6) is 0 Å². The number of nitrogens with zero attached hydrogens (tertiary/aromatic N) is 2. The average molecular weight is 448 g/mol. The van der Waals surface area contributed by atoms with Gasteiger partial charge in [-0.2, -0.15) is 0 Å². The summed E-state index contributed by atoms with van der Waals surface area (Å²) in [5, 5.41) is 16.5. The molecule has 170 valence electrons. The van der Waals surface area contributed by atoms with Gasteiger partial charge in [0.15, 0.2) is 0 Å². The van der Waals surface area contributed by atoms with Gasteiger partial charge < -0.3 is 20.3 Å². The Hall–Kier alpha value is -3.36. The molecule has 0 radical (unpaired) electrons. The number of carbonyl (C=O) groups is 1. The van der Waals surface area contributed by atoms with Crippen LogP contribution >= 0.6 is 0 Å². The Balaban J connectivity index is 1.40. The van der Waals surface area contributed by atoms with Crippen molar-refractivity contribution in [3.05, 3.63) is 88.4 Å². The molecule has 5 rings (SSSR count). The van der Waals surface area contributed by atoms with E-state index < -0.39 is 11.7 Å². The number of pyridine rings is 2. The number of hydrogen-bond acceptors (Lipinski definition) is 5. The monoisotopic (exact) mass is 448 g/mol. The topological polar surface area (TPSA) is 96.2 Å². The standard InChI is InChI=1S/C25H25FN4O3/c26-17-3-1-2-16(12-17)18-4-5-21-23-22(19(14-31)20(29-23)13-30(21)25(18)33)24(32)28-11-8-15-6-9-27-10-7-15/h1-7,9-10,12,19-20,22-23,29,31H,8,11,13-14H2,(H,28,32)/t19-,20-,22+,23+/m1/s1. The summed E-state index contributed by atoms with van der Waals surface area (Å²) in [4.78, 5) is 30.5. The van der Waals surface area contributed by atoms with Crippen molar-refractivity contribution in [1.29, 1.82) is 0 Å². The van der Waals surface area contributed by atoms with Gasteiger partial charge in [0.1, 0.15) is 5.82 Å². The fourth-order valence-corrected chi connectivity index (χ4v) is 5.12. The molecule has 2 aliphatic heterocycles. The van der Waals surface area contributed by atoms with Crippen LogP contribution in [0.4, 0.5) is 4.39 Å². The summed E-state index contributed by atoms with van der Waals surface area (Å²) in [6.45, 7) is 0.663. The Kier molecular flexibility index (Phi) is 5.78. The summed E-state index contributed by atoms with van der Waals surface area (Å²) < 4.78 is 15.4. The first kappa shape index (κ1) is 21.5. The van der Waals surface area contributed by atoms with E-state index in [2.05, 4.69) is 15.6 Å². The molecule has 2 aromatic heterocycles. The molecule has 3 N–H and O–H groups in total. The zero-order valence-electron chi connectivity index (χ0n) is 17.9. The second-order valence-electron chi connectivity index (χ2n) is 8.62. The third kappa shape index (κ3) is 3.96. The van der Waals surface area contributed by atoms with Crippen LogP contribution in [0.2, 0.25) is 0 Å². The lowest BCUT2D eigenvalue weighted by Crippen LogP contribution is -2.43. The van der Waals surface area contributed by atoms with E-state index in [1.807, 2.05) is 18.2 Å². The molecule has 1 aromatic carbocycles. The fourth-order valence-electron chi connectivity index (χ4n) is 5.12. The van der Waals surface area contributed by atoms with E-state index in [0.29, 0.717) is 36.3 Å². The molecule has 33 heavy (non-hydrogen) atoms. The highest BCUT2D eigenvalue weighted by atomic mass is 19.1. The Morgan fingerprint density at radius 3 is 2.79 bits per heavy atom. The van der Waals surface area contributed by atoms with Crippen molar-refractivity contribution in [3.8, 4) is 11.1 Å². The Labute approximate surface area is 190 Å². The van der Waals surface area contributed by atoms with E-state index in [4.69, 9.17) is 0 Å². The van der Waals surface area contributed by atoms with Crippen molar-refractivity contribution in [2.45, 2.75) is 25.0 Å². The van der Waals surface area contributed by atoms with Crippen molar-refractivity contribution in [1.82, 2.24) is 20.2 Å². The maximum Gasteiger partial charge on any atom is 0.258 e. The molecule has 4 heterocycles. The molecule has 0 unspecified atom stereocenters. The van der Waals surface area contributed by atoms with Gasteiger partial charge in [-0.15, -0.1) is 0 Å². The maximum absolute atomic E-state index is 13.7. The van der Waals surface area contributed by atoms with E-state index in [0.717, 1.165) is 5.56 Å². The quantitative estimate of drug-likeness (QED) is 0.533. The van der Waals surface area contributed by atoms with Gasteiger partial charge in [0.25, 0.3) is 5.56 Å². The van der Waals surface area contributed by atoms with Crippen LogP contribution in [-0.4, -0.2) is 39.8 Å². The number of rotatable bonds is 6. The molecule has 1 saturated heterocycles. The zero-order valence-corrected chi connectivity index (χ0v) is 17.9. The molecule has 1 amide bonds. The van der Waals surface area contributed by atoms with Gasteiger partial charge >= 0.3 is 0 Å². The Morgan fingerprint density at radius 1 is 1.21 bits per heavy atom. The minimum absolute atomic E-state index is 0.141. The molecule has 0 aliphatic carbocycles. The minimum Gasteiger partial charge on any atom is -0.396 e. The highest BCUT2D eigenvalue weighted by Crippen LogP contribution is 2.41. The van der Waals surface area contributed by atoms with Crippen LogP contribution in [0.25, 0.3) is 11.1 Å². The Morgan fingerprint density at radius 2 is 2.03 bits per heavy atom. The third-order valence-electron chi connectivity index (χ3n) is 6.75. The van der Waals surface area contributed by atoms with E-state index in [9.17, 15) is 19.1 Å². The molecule has 1 fully saturated rings. The number of hydrogen-bond donors (Lipinski definition) is 3. The van der Waals surface area contributed by atoms with Gasteiger partial charge in [0, 0.05) is 55.3 Å². The molecule has 8 heteroatoms. The predicted octanol–water partition coefficient (Wildman–Crippen LogP) is 1.66. The molecular formula is C25H25FN4O3. The average Bonchev–Trinajstić information content (AvgIpc) is 3.12. The predicted molar refractivity (Wildman–Crippen MR) is 121 cm³/mol. The second-order valence-corrected chi connectivity index (χ2v) is 8.62. The number of nitrogens with one attached hydrogen (secondary N) is 2. The molecule has 7 nitrogen and oxygen atoms in total. The number of aromatic nitrogens is 2. The maximum atomic E-state index is 13.7. The number of amides is 1. The van der Waals surface area contributed by atoms with Gasteiger partial charge in [-0.05, 0) is 53.9 Å². The first-order chi connectivity index (χ1) is 16.1. The van der Waals surface area contributed by atoms with Gasteiger partial charge in [0.2, 0.25) is 5.91 Å². The van der Waals surface area contributed by atoms with E-state index in [-0.39, 0.29) is 36.1 Å². The van der Waals surface area contributed by atoms with Gasteiger partial charge in [-0.1, -0.05) is 12.1 Å². The summed E-state index contributed by atoms with van der Waals surface area (Å²) in [7, 11) is 0.